The van der Waals surface area contributed by atoms with E-state index in [0.717, 1.165) is 33.5 Å². The number of nitrogens with one attached hydrogen (secondary N) is 1. The number of amides is 1. The van der Waals surface area contributed by atoms with Gasteiger partial charge in [0.15, 0.2) is 5.65 Å². The SMILES string of the molecule is Cc1ccc(-c2ccnc3c2c(C)nn3CC(=O)NCc2cnn(C)c2C)cc1. The number of carbonyl (C=O) groups is 1. The zero-order chi connectivity index (χ0) is 20.5. The van der Waals surface area contributed by atoms with Crippen LogP contribution >= 0.6 is 0 Å². The Kier molecular flexibility index (Phi) is 4.88. The molecule has 0 fully saturated rings. The van der Waals surface area contributed by atoms with Crippen LogP contribution in [0.2, 0.25) is 0 Å². The summed E-state index contributed by atoms with van der Waals surface area (Å²) in [7, 11) is 1.89. The quantitative estimate of drug-likeness (QED) is 0.570. The third kappa shape index (κ3) is 3.63. The fraction of sp³-hybridized carbons (Fsp3) is 0.273. The maximum Gasteiger partial charge on any atom is 0.242 e. The van der Waals surface area contributed by atoms with E-state index in [-0.39, 0.29) is 12.5 Å². The summed E-state index contributed by atoms with van der Waals surface area (Å²) >= 11 is 0. The van der Waals surface area contributed by atoms with Crippen molar-refractivity contribution in [1.29, 1.82) is 0 Å². The number of rotatable bonds is 5. The van der Waals surface area contributed by atoms with Gasteiger partial charge in [0.05, 0.1) is 11.9 Å². The second-order valence-corrected chi connectivity index (χ2v) is 7.32. The average Bonchev–Trinajstić information content (AvgIpc) is 3.20. The van der Waals surface area contributed by atoms with Crippen molar-refractivity contribution in [2.75, 3.05) is 0 Å². The number of pyridine rings is 1. The Hall–Kier alpha value is -3.48. The fourth-order valence-electron chi connectivity index (χ4n) is 3.47. The molecule has 0 radical (unpaired) electrons. The zero-order valence-electron chi connectivity index (χ0n) is 17.1. The van der Waals surface area contributed by atoms with E-state index in [2.05, 4.69) is 51.7 Å². The number of carbonyl (C=O) groups excluding carboxylic acids is 1. The molecular weight excluding hydrogens is 364 g/mol. The van der Waals surface area contributed by atoms with Crippen molar-refractivity contribution in [3.8, 4) is 11.1 Å². The van der Waals surface area contributed by atoms with Crippen LogP contribution < -0.4 is 5.32 Å². The van der Waals surface area contributed by atoms with Gasteiger partial charge in [0, 0.05) is 36.4 Å². The lowest BCUT2D eigenvalue weighted by Crippen LogP contribution is -2.27. The minimum atomic E-state index is -0.111. The molecular formula is C22H24N6O. The molecule has 0 atom stereocenters. The van der Waals surface area contributed by atoms with Crippen LogP contribution in [-0.4, -0.2) is 30.5 Å². The van der Waals surface area contributed by atoms with Crippen molar-refractivity contribution in [2.24, 2.45) is 7.05 Å². The molecule has 0 bridgehead atoms. The van der Waals surface area contributed by atoms with Crippen LogP contribution in [-0.2, 0) is 24.9 Å². The van der Waals surface area contributed by atoms with Gasteiger partial charge in [-0.1, -0.05) is 29.8 Å². The van der Waals surface area contributed by atoms with Crippen LogP contribution in [0.1, 0.15) is 22.5 Å². The van der Waals surface area contributed by atoms with Gasteiger partial charge < -0.3 is 5.32 Å². The van der Waals surface area contributed by atoms with Gasteiger partial charge in [-0.2, -0.15) is 10.2 Å². The van der Waals surface area contributed by atoms with Crippen molar-refractivity contribution in [3.63, 3.8) is 0 Å². The predicted molar refractivity (Wildman–Crippen MR) is 112 cm³/mol. The zero-order valence-corrected chi connectivity index (χ0v) is 17.1. The molecule has 0 aliphatic carbocycles. The highest BCUT2D eigenvalue weighted by atomic mass is 16.2. The van der Waals surface area contributed by atoms with Gasteiger partial charge in [0.2, 0.25) is 5.91 Å². The third-order valence-electron chi connectivity index (χ3n) is 5.28. The normalized spacial score (nSPS) is 11.2. The highest BCUT2D eigenvalue weighted by Crippen LogP contribution is 2.29. The first-order chi connectivity index (χ1) is 13.9. The summed E-state index contributed by atoms with van der Waals surface area (Å²) in [5.74, 6) is -0.111. The topological polar surface area (TPSA) is 77.6 Å². The van der Waals surface area contributed by atoms with Crippen LogP contribution in [0.5, 0.6) is 0 Å². The summed E-state index contributed by atoms with van der Waals surface area (Å²) in [5.41, 5.74) is 7.02. The Morgan fingerprint density at radius 3 is 2.55 bits per heavy atom. The number of hydrogen-bond acceptors (Lipinski definition) is 4. The number of aromatic nitrogens is 5. The Bertz CT molecular complexity index is 1190. The van der Waals surface area contributed by atoms with E-state index >= 15 is 0 Å². The molecule has 0 spiro atoms. The Morgan fingerprint density at radius 1 is 1.10 bits per heavy atom. The smallest absolute Gasteiger partial charge is 0.242 e. The van der Waals surface area contributed by atoms with E-state index in [1.165, 1.54) is 5.56 Å². The van der Waals surface area contributed by atoms with Crippen molar-refractivity contribution >= 4 is 16.9 Å². The molecule has 3 heterocycles. The lowest BCUT2D eigenvalue weighted by atomic mass is 10.0. The second-order valence-electron chi connectivity index (χ2n) is 7.32. The van der Waals surface area contributed by atoms with Gasteiger partial charge in [0.1, 0.15) is 6.54 Å². The predicted octanol–water partition coefficient (Wildman–Crippen LogP) is 3.07. The number of benzene rings is 1. The average molecular weight is 388 g/mol. The molecule has 0 saturated heterocycles. The number of hydrogen-bond donors (Lipinski definition) is 1. The van der Waals surface area contributed by atoms with Gasteiger partial charge in [-0.25, -0.2) is 9.67 Å². The van der Waals surface area contributed by atoms with Gasteiger partial charge in [0.25, 0.3) is 0 Å². The molecule has 1 aromatic carbocycles. The maximum atomic E-state index is 12.5. The summed E-state index contributed by atoms with van der Waals surface area (Å²) in [6.45, 7) is 6.57. The largest absolute Gasteiger partial charge is 0.350 e. The molecule has 4 aromatic rings. The summed E-state index contributed by atoms with van der Waals surface area (Å²) in [5, 5.41) is 12.7. The Morgan fingerprint density at radius 2 is 1.86 bits per heavy atom. The maximum absolute atomic E-state index is 12.5. The van der Waals surface area contributed by atoms with Crippen LogP contribution in [0.4, 0.5) is 0 Å². The first-order valence-corrected chi connectivity index (χ1v) is 9.57. The molecule has 29 heavy (non-hydrogen) atoms. The first kappa shape index (κ1) is 18.9. The molecule has 0 aliphatic rings. The first-order valence-electron chi connectivity index (χ1n) is 9.57. The Balaban J connectivity index is 1.58. The Labute approximate surface area is 169 Å². The lowest BCUT2D eigenvalue weighted by Gasteiger charge is -2.07. The monoisotopic (exact) mass is 388 g/mol. The molecule has 0 unspecified atom stereocenters. The molecule has 0 aliphatic heterocycles. The summed E-state index contributed by atoms with van der Waals surface area (Å²) in [6.07, 6.45) is 3.55. The van der Waals surface area contributed by atoms with Crippen molar-refractivity contribution in [1.82, 2.24) is 29.9 Å². The molecule has 7 nitrogen and oxygen atoms in total. The molecule has 1 amide bonds. The van der Waals surface area contributed by atoms with Crippen LogP contribution in [0.25, 0.3) is 22.2 Å². The minimum Gasteiger partial charge on any atom is -0.350 e. The fourth-order valence-corrected chi connectivity index (χ4v) is 3.47. The van der Waals surface area contributed by atoms with E-state index < -0.39 is 0 Å². The van der Waals surface area contributed by atoms with Crippen LogP contribution in [0, 0.1) is 20.8 Å². The molecule has 0 saturated carbocycles. The highest BCUT2D eigenvalue weighted by molar-refractivity contribution is 5.95. The number of fused-ring (bicyclic) bond motifs is 1. The van der Waals surface area contributed by atoms with E-state index in [1.54, 1.807) is 21.8 Å². The van der Waals surface area contributed by atoms with E-state index in [4.69, 9.17) is 0 Å². The van der Waals surface area contributed by atoms with Gasteiger partial charge in [-0.15, -0.1) is 0 Å². The summed E-state index contributed by atoms with van der Waals surface area (Å²) < 4.78 is 3.47. The minimum absolute atomic E-state index is 0.111. The molecule has 7 heteroatoms. The molecule has 4 rings (SSSR count). The highest BCUT2D eigenvalue weighted by Gasteiger charge is 2.16. The van der Waals surface area contributed by atoms with Gasteiger partial charge >= 0.3 is 0 Å². The standard InChI is InChI=1S/C22H24N6O/c1-14-5-7-17(8-6-14)19-9-10-23-22-21(19)15(2)26-28(22)13-20(29)24-11-18-12-25-27(4)16(18)3/h5-10,12H,11,13H2,1-4H3,(H,24,29). The van der Waals surface area contributed by atoms with Crippen molar-refractivity contribution in [3.05, 3.63) is 65.2 Å². The molecule has 148 valence electrons. The van der Waals surface area contributed by atoms with Gasteiger partial charge in [-0.3, -0.25) is 9.48 Å². The van der Waals surface area contributed by atoms with E-state index in [9.17, 15) is 4.79 Å². The molecule has 3 aromatic heterocycles. The lowest BCUT2D eigenvalue weighted by molar-refractivity contribution is -0.121. The van der Waals surface area contributed by atoms with Gasteiger partial charge in [-0.05, 0) is 38.0 Å². The van der Waals surface area contributed by atoms with Crippen LogP contribution in [0.15, 0.2) is 42.7 Å². The van der Waals surface area contributed by atoms with E-state index in [1.807, 2.05) is 27.0 Å². The number of nitrogens with zero attached hydrogens (tertiary/aromatic N) is 5. The summed E-state index contributed by atoms with van der Waals surface area (Å²) in [6, 6.07) is 10.4. The number of aryl methyl sites for hydroxylation is 3. The second kappa shape index (κ2) is 7.50. The van der Waals surface area contributed by atoms with Crippen molar-refractivity contribution < 1.29 is 4.79 Å². The van der Waals surface area contributed by atoms with Crippen LogP contribution in [0.3, 0.4) is 0 Å². The van der Waals surface area contributed by atoms with Crippen molar-refractivity contribution in [2.45, 2.75) is 33.9 Å². The summed E-state index contributed by atoms with van der Waals surface area (Å²) in [4.78, 5) is 17.0. The van der Waals surface area contributed by atoms with E-state index in [0.29, 0.717) is 12.2 Å². The third-order valence-corrected chi connectivity index (χ3v) is 5.28. The molecule has 1 N–H and O–H groups in total.